The van der Waals surface area contributed by atoms with E-state index < -0.39 is 0 Å². The fourth-order valence-electron chi connectivity index (χ4n) is 9.73. The van der Waals surface area contributed by atoms with Gasteiger partial charge in [-0.25, -0.2) is 0 Å². The molecule has 4 saturated carbocycles. The standard InChI is InChI=1S/C29H48BO2/c1-7-20-24-17-18(3)13-15-29(24,6)23-14-16-28(5)21(10-11-22(28)26(23)27(20)32)19(4)9-12-25(31)30-8-2/h18-24,26H,7-17H2,1-6H3/t18-,19-,20?,21?,22?,23?,24?,26?,28?,29?/m1/s1. The summed E-state index contributed by atoms with van der Waals surface area (Å²) in [5.74, 6) is 5.10. The molecule has 32 heavy (non-hydrogen) atoms. The number of fused-ring (bicyclic) bond motifs is 5. The second kappa shape index (κ2) is 9.22. The van der Waals surface area contributed by atoms with Crippen LogP contribution in [0, 0.1) is 58.2 Å². The minimum atomic E-state index is 0.289. The van der Waals surface area contributed by atoms with Gasteiger partial charge in [0.1, 0.15) is 5.78 Å². The van der Waals surface area contributed by atoms with Crippen LogP contribution in [0.4, 0.5) is 0 Å². The Morgan fingerprint density at radius 2 is 1.72 bits per heavy atom. The third kappa shape index (κ3) is 3.86. The maximum Gasteiger partial charge on any atom is 0.202 e. The summed E-state index contributed by atoms with van der Waals surface area (Å²) in [4.78, 5) is 26.2. The highest BCUT2D eigenvalue weighted by atomic mass is 16.1. The molecule has 0 spiro atoms. The lowest BCUT2D eigenvalue weighted by Gasteiger charge is -2.62. The average Bonchev–Trinajstić information content (AvgIpc) is 3.11. The van der Waals surface area contributed by atoms with Crippen molar-refractivity contribution in [1.82, 2.24) is 0 Å². The highest BCUT2D eigenvalue weighted by molar-refractivity contribution is 6.73. The molecule has 0 aliphatic heterocycles. The molecule has 0 aromatic rings. The molecule has 0 N–H and O–H groups in total. The summed E-state index contributed by atoms with van der Waals surface area (Å²) in [5.41, 5.74) is 0.984. The summed E-state index contributed by atoms with van der Waals surface area (Å²) < 4.78 is 0. The van der Waals surface area contributed by atoms with Gasteiger partial charge in [-0.05, 0) is 104 Å². The van der Waals surface area contributed by atoms with Crippen LogP contribution in [0.2, 0.25) is 6.32 Å². The molecule has 4 aliphatic carbocycles. The highest BCUT2D eigenvalue weighted by Crippen LogP contribution is 2.69. The Bertz CT molecular complexity index is 718. The van der Waals surface area contributed by atoms with E-state index in [9.17, 15) is 9.59 Å². The van der Waals surface area contributed by atoms with Crippen molar-refractivity contribution in [2.75, 3.05) is 0 Å². The van der Waals surface area contributed by atoms with Crippen molar-refractivity contribution in [2.24, 2.45) is 58.2 Å². The zero-order chi connectivity index (χ0) is 23.3. The van der Waals surface area contributed by atoms with Crippen LogP contribution >= 0.6 is 0 Å². The van der Waals surface area contributed by atoms with Crippen molar-refractivity contribution < 1.29 is 9.59 Å². The molecule has 0 amide bonds. The van der Waals surface area contributed by atoms with Gasteiger partial charge in [-0.15, -0.1) is 0 Å². The quantitative estimate of drug-likeness (QED) is 0.394. The van der Waals surface area contributed by atoms with Crippen molar-refractivity contribution in [3.63, 3.8) is 0 Å². The lowest BCUT2D eigenvalue weighted by atomic mass is 9.41. The molecule has 2 nitrogen and oxygen atoms in total. The van der Waals surface area contributed by atoms with Crippen molar-refractivity contribution in [3.8, 4) is 0 Å². The molecule has 4 rings (SSSR count). The molecule has 0 heterocycles. The summed E-state index contributed by atoms with van der Waals surface area (Å²) >= 11 is 0. The third-order valence-corrected chi connectivity index (χ3v) is 11.5. The van der Waals surface area contributed by atoms with E-state index in [1.54, 1.807) is 0 Å². The van der Waals surface area contributed by atoms with Gasteiger partial charge in [0.2, 0.25) is 7.28 Å². The predicted octanol–water partition coefficient (Wildman–Crippen LogP) is 7.18. The normalized spacial score (nSPS) is 46.7. The molecule has 179 valence electrons. The Kier molecular flexibility index (Phi) is 7.07. The minimum absolute atomic E-state index is 0.289. The molecule has 0 saturated heterocycles. The number of rotatable bonds is 7. The number of carbonyl (C=O) groups excluding carboxylic acids is 2. The second-order valence-corrected chi connectivity index (χ2v) is 13.0. The SMILES string of the molecule is CC[B]C(=O)CC[C@@H](C)C1CCC2C3C(=O)C(CC)C4C[C@H](C)CCC4(C)C3CCC21C. The molecular formula is C29H48BO2. The molecule has 3 heteroatoms. The molecule has 0 aromatic heterocycles. The maximum atomic E-state index is 14.1. The zero-order valence-corrected chi connectivity index (χ0v) is 21.8. The van der Waals surface area contributed by atoms with Crippen molar-refractivity contribution in [2.45, 2.75) is 112 Å². The molecule has 4 aliphatic rings. The first-order valence-corrected chi connectivity index (χ1v) is 14.1. The third-order valence-electron chi connectivity index (χ3n) is 11.5. The van der Waals surface area contributed by atoms with Crippen LogP contribution in [0.1, 0.15) is 106 Å². The molecule has 0 aromatic carbocycles. The van der Waals surface area contributed by atoms with E-state index >= 15 is 0 Å². The van der Waals surface area contributed by atoms with Gasteiger partial charge in [0.25, 0.3) is 0 Å². The lowest BCUT2D eigenvalue weighted by Crippen LogP contribution is -2.60. The van der Waals surface area contributed by atoms with E-state index in [0.717, 1.165) is 25.1 Å². The molecule has 0 bridgehead atoms. The van der Waals surface area contributed by atoms with Crippen LogP contribution in [0.5, 0.6) is 0 Å². The zero-order valence-electron chi connectivity index (χ0n) is 21.8. The van der Waals surface area contributed by atoms with E-state index in [0.29, 0.717) is 64.7 Å². The molecular weight excluding hydrogens is 391 g/mol. The fraction of sp³-hybridized carbons (Fsp3) is 0.931. The summed E-state index contributed by atoms with van der Waals surface area (Å²) in [7, 11) is 1.85. The van der Waals surface area contributed by atoms with Crippen LogP contribution < -0.4 is 0 Å². The number of ketones is 1. The maximum absolute atomic E-state index is 14.1. The van der Waals surface area contributed by atoms with Gasteiger partial charge in [0.15, 0.2) is 0 Å². The Morgan fingerprint density at radius 1 is 1.03 bits per heavy atom. The Balaban J connectivity index is 1.56. The van der Waals surface area contributed by atoms with Gasteiger partial charge in [-0.3, -0.25) is 4.79 Å². The van der Waals surface area contributed by atoms with Gasteiger partial charge < -0.3 is 4.79 Å². The molecule has 1 radical (unpaired) electrons. The summed E-state index contributed by atoms with van der Waals surface area (Å²) in [6.07, 6.45) is 12.6. The van der Waals surface area contributed by atoms with Gasteiger partial charge in [0, 0.05) is 11.8 Å². The van der Waals surface area contributed by atoms with E-state index in [1.165, 1.54) is 44.9 Å². The lowest BCUT2D eigenvalue weighted by molar-refractivity contribution is -0.170. The largest absolute Gasteiger partial charge is 0.312 e. The Hall–Kier alpha value is -0.595. The smallest absolute Gasteiger partial charge is 0.202 e. The van der Waals surface area contributed by atoms with Crippen molar-refractivity contribution in [3.05, 3.63) is 0 Å². The van der Waals surface area contributed by atoms with Gasteiger partial charge in [0.05, 0.1) is 5.68 Å². The average molecular weight is 440 g/mol. The molecule has 8 unspecified atom stereocenters. The van der Waals surface area contributed by atoms with Crippen molar-refractivity contribution >= 4 is 18.7 Å². The fourth-order valence-corrected chi connectivity index (χ4v) is 9.73. The van der Waals surface area contributed by atoms with Crippen molar-refractivity contribution in [1.29, 1.82) is 0 Å². The summed E-state index contributed by atoms with van der Waals surface area (Å²) in [6, 6.07) is 0. The Morgan fingerprint density at radius 3 is 2.41 bits per heavy atom. The Labute approximate surface area is 198 Å². The van der Waals surface area contributed by atoms with Crippen LogP contribution in [0.3, 0.4) is 0 Å². The first kappa shape index (κ1) is 24.5. The molecule has 10 atom stereocenters. The van der Waals surface area contributed by atoms with Gasteiger partial charge in [-0.2, -0.15) is 0 Å². The first-order chi connectivity index (χ1) is 15.2. The van der Waals surface area contributed by atoms with E-state index in [2.05, 4.69) is 34.6 Å². The number of hydrogen-bond donors (Lipinski definition) is 0. The van der Waals surface area contributed by atoms with E-state index in [1.807, 2.05) is 14.2 Å². The minimum Gasteiger partial charge on any atom is -0.312 e. The van der Waals surface area contributed by atoms with Crippen LogP contribution in [0.15, 0.2) is 0 Å². The van der Waals surface area contributed by atoms with E-state index in [4.69, 9.17) is 0 Å². The van der Waals surface area contributed by atoms with Crippen LogP contribution in [-0.2, 0) is 9.59 Å². The van der Waals surface area contributed by atoms with Gasteiger partial charge in [-0.1, -0.05) is 54.3 Å². The monoisotopic (exact) mass is 439 g/mol. The van der Waals surface area contributed by atoms with E-state index in [-0.39, 0.29) is 5.41 Å². The number of Topliss-reactive ketones (excluding diaryl/α,β-unsaturated/α-hetero) is 1. The number of carbonyl (C=O) groups is 2. The predicted molar refractivity (Wildman–Crippen MR) is 134 cm³/mol. The summed E-state index contributed by atoms with van der Waals surface area (Å²) in [6.45, 7) is 14.2. The van der Waals surface area contributed by atoms with Crippen LogP contribution in [-0.4, -0.2) is 18.7 Å². The first-order valence-electron chi connectivity index (χ1n) is 14.1. The van der Waals surface area contributed by atoms with Gasteiger partial charge >= 0.3 is 0 Å². The topological polar surface area (TPSA) is 34.1 Å². The second-order valence-electron chi connectivity index (χ2n) is 13.0. The van der Waals surface area contributed by atoms with Crippen LogP contribution in [0.25, 0.3) is 0 Å². The number of hydrogen-bond acceptors (Lipinski definition) is 2. The highest BCUT2D eigenvalue weighted by Gasteiger charge is 2.64. The summed E-state index contributed by atoms with van der Waals surface area (Å²) in [5, 5.41) is 0. The molecule has 4 fully saturated rings.